The van der Waals surface area contributed by atoms with Crippen molar-refractivity contribution < 1.29 is 9.84 Å². The van der Waals surface area contributed by atoms with Gasteiger partial charge in [0.25, 0.3) is 0 Å². The van der Waals surface area contributed by atoms with Gasteiger partial charge in [-0.25, -0.2) is 0 Å². The summed E-state index contributed by atoms with van der Waals surface area (Å²) in [6.07, 6.45) is 0. The van der Waals surface area contributed by atoms with Crippen molar-refractivity contribution in [2.75, 3.05) is 7.11 Å². The Kier molecular flexibility index (Phi) is 1.34. The van der Waals surface area contributed by atoms with Gasteiger partial charge in [0.1, 0.15) is 0 Å². The van der Waals surface area contributed by atoms with E-state index in [4.69, 9.17) is 0 Å². The topological polar surface area (TPSA) is 42.0 Å². The van der Waals surface area contributed by atoms with Gasteiger partial charge < -0.3 is 4.74 Å². The molecule has 4 heteroatoms. The highest BCUT2D eigenvalue weighted by molar-refractivity contribution is 7.11. The predicted molar refractivity (Wildman–Crippen MR) is 28.8 cm³/mol. The highest BCUT2D eigenvalue weighted by Crippen LogP contribution is 2.21. The molecule has 0 amide bonds. The standard InChI is InChI=1S/C4H4NO2S/c1-7-3-2-8-4(6)5-3/h2H,1H3. The third kappa shape index (κ3) is 0.894. The summed E-state index contributed by atoms with van der Waals surface area (Å²) < 4.78 is 4.63. The average Bonchev–Trinajstić information content (AvgIpc) is 2.14. The first-order chi connectivity index (χ1) is 3.83. The van der Waals surface area contributed by atoms with Gasteiger partial charge in [-0.3, -0.25) is 5.11 Å². The number of hydrogen-bond acceptors (Lipinski definition) is 3. The third-order valence-corrected chi connectivity index (χ3v) is 1.28. The number of hydrogen-bond donors (Lipinski definition) is 0. The minimum Gasteiger partial charge on any atom is -0.480 e. The van der Waals surface area contributed by atoms with Crippen molar-refractivity contribution in [3.05, 3.63) is 5.38 Å². The lowest BCUT2D eigenvalue weighted by Gasteiger charge is -1.84. The fourth-order valence-corrected chi connectivity index (χ4v) is 0.830. The molecular formula is C4H4NO2S. The van der Waals surface area contributed by atoms with Crippen LogP contribution in [0.1, 0.15) is 0 Å². The van der Waals surface area contributed by atoms with Crippen LogP contribution < -0.4 is 4.74 Å². The first-order valence-corrected chi connectivity index (χ1v) is 2.87. The quantitative estimate of drug-likeness (QED) is 0.574. The number of ether oxygens (including phenoxy) is 1. The number of thiazole rings is 1. The molecule has 1 heterocycles. The largest absolute Gasteiger partial charge is 0.480 e. The molecule has 0 spiro atoms. The SMILES string of the molecule is COc1csc([O])n1. The first kappa shape index (κ1) is 5.37. The van der Waals surface area contributed by atoms with E-state index in [1.54, 1.807) is 5.38 Å². The molecule has 8 heavy (non-hydrogen) atoms. The van der Waals surface area contributed by atoms with Crippen molar-refractivity contribution in [3.63, 3.8) is 0 Å². The van der Waals surface area contributed by atoms with Gasteiger partial charge in [0.05, 0.1) is 12.5 Å². The van der Waals surface area contributed by atoms with E-state index < -0.39 is 0 Å². The molecule has 0 bridgehead atoms. The van der Waals surface area contributed by atoms with Crippen molar-refractivity contribution in [3.8, 4) is 11.1 Å². The Morgan fingerprint density at radius 1 is 1.88 bits per heavy atom. The van der Waals surface area contributed by atoms with Crippen LogP contribution in [0.5, 0.6) is 11.1 Å². The van der Waals surface area contributed by atoms with E-state index in [2.05, 4.69) is 9.72 Å². The maximum absolute atomic E-state index is 10.3. The lowest BCUT2D eigenvalue weighted by molar-refractivity contribution is 0.339. The molecule has 0 fully saturated rings. The van der Waals surface area contributed by atoms with E-state index in [9.17, 15) is 5.11 Å². The molecule has 0 saturated heterocycles. The normalized spacial score (nSPS) is 9.12. The average molecular weight is 130 g/mol. The molecule has 0 aromatic carbocycles. The predicted octanol–water partition coefficient (Wildman–Crippen LogP) is 1.30. The molecule has 0 unspecified atom stereocenters. The molecule has 0 aliphatic carbocycles. The Morgan fingerprint density at radius 2 is 2.62 bits per heavy atom. The van der Waals surface area contributed by atoms with Crippen LogP contribution in [0.2, 0.25) is 0 Å². The highest BCUT2D eigenvalue weighted by Gasteiger charge is 1.97. The van der Waals surface area contributed by atoms with E-state index >= 15 is 0 Å². The van der Waals surface area contributed by atoms with E-state index in [0.29, 0.717) is 5.88 Å². The molecule has 1 radical (unpaired) electrons. The molecule has 0 saturated carbocycles. The van der Waals surface area contributed by atoms with Crippen molar-refractivity contribution in [1.29, 1.82) is 0 Å². The maximum atomic E-state index is 10.3. The van der Waals surface area contributed by atoms with E-state index in [0.717, 1.165) is 11.3 Å². The molecule has 0 atom stereocenters. The van der Waals surface area contributed by atoms with Gasteiger partial charge in [-0.05, 0) is 0 Å². The Balaban J connectivity index is 2.84. The van der Waals surface area contributed by atoms with Gasteiger partial charge >= 0.3 is 5.19 Å². The van der Waals surface area contributed by atoms with Crippen molar-refractivity contribution in [2.45, 2.75) is 0 Å². The van der Waals surface area contributed by atoms with Crippen LogP contribution in [-0.2, 0) is 5.11 Å². The summed E-state index contributed by atoms with van der Waals surface area (Å²) in [6, 6.07) is 0. The van der Waals surface area contributed by atoms with Crippen molar-refractivity contribution in [1.82, 2.24) is 4.98 Å². The summed E-state index contributed by atoms with van der Waals surface area (Å²) in [5.41, 5.74) is 0. The molecule has 1 aromatic rings. The summed E-state index contributed by atoms with van der Waals surface area (Å²) in [4.78, 5) is 3.47. The van der Waals surface area contributed by atoms with Crippen LogP contribution in [0.3, 0.4) is 0 Å². The molecule has 43 valence electrons. The molecule has 0 aliphatic heterocycles. The van der Waals surface area contributed by atoms with E-state index in [1.165, 1.54) is 7.11 Å². The minimum atomic E-state index is -0.207. The lowest BCUT2D eigenvalue weighted by Crippen LogP contribution is -1.78. The molecule has 0 aliphatic rings. The van der Waals surface area contributed by atoms with Gasteiger partial charge in [-0.15, -0.1) is 0 Å². The minimum absolute atomic E-state index is 0.207. The smallest absolute Gasteiger partial charge is 0.329 e. The molecule has 3 nitrogen and oxygen atoms in total. The monoisotopic (exact) mass is 130 g/mol. The van der Waals surface area contributed by atoms with Gasteiger partial charge in [-0.1, -0.05) is 11.3 Å². The second-order valence-electron chi connectivity index (χ2n) is 1.16. The van der Waals surface area contributed by atoms with E-state index in [-0.39, 0.29) is 5.19 Å². The molecule has 1 aromatic heterocycles. The Labute approximate surface area is 50.6 Å². The van der Waals surface area contributed by atoms with Crippen molar-refractivity contribution in [2.24, 2.45) is 0 Å². The fraction of sp³-hybridized carbons (Fsp3) is 0.250. The van der Waals surface area contributed by atoms with Crippen LogP contribution in [0, 0.1) is 0 Å². The lowest BCUT2D eigenvalue weighted by atomic mass is 10.9. The summed E-state index contributed by atoms with van der Waals surface area (Å²) in [5.74, 6) is 0.403. The number of aromatic nitrogens is 1. The zero-order valence-electron chi connectivity index (χ0n) is 4.25. The Bertz CT molecular complexity index is 174. The van der Waals surface area contributed by atoms with Crippen LogP contribution >= 0.6 is 11.3 Å². The van der Waals surface area contributed by atoms with Crippen molar-refractivity contribution >= 4 is 11.3 Å². The summed E-state index contributed by atoms with van der Waals surface area (Å²) >= 11 is 1.04. The van der Waals surface area contributed by atoms with E-state index in [1.807, 2.05) is 0 Å². The zero-order valence-corrected chi connectivity index (χ0v) is 5.07. The number of rotatable bonds is 1. The second-order valence-corrected chi connectivity index (χ2v) is 1.98. The maximum Gasteiger partial charge on any atom is 0.329 e. The summed E-state index contributed by atoms with van der Waals surface area (Å²) in [5, 5.41) is 11.6. The summed E-state index contributed by atoms with van der Waals surface area (Å²) in [7, 11) is 1.48. The Morgan fingerprint density at radius 3 is 2.88 bits per heavy atom. The number of methoxy groups -OCH3 is 1. The van der Waals surface area contributed by atoms with Crippen LogP contribution in [0.15, 0.2) is 5.38 Å². The van der Waals surface area contributed by atoms with Crippen LogP contribution in [-0.4, -0.2) is 12.1 Å². The Hall–Kier alpha value is -0.770. The highest BCUT2D eigenvalue weighted by atomic mass is 32.1. The van der Waals surface area contributed by atoms with Gasteiger partial charge in [0.2, 0.25) is 5.88 Å². The van der Waals surface area contributed by atoms with Crippen LogP contribution in [0.25, 0.3) is 0 Å². The number of nitrogens with zero attached hydrogens (tertiary/aromatic N) is 1. The first-order valence-electron chi connectivity index (χ1n) is 1.99. The second kappa shape index (κ2) is 2.00. The van der Waals surface area contributed by atoms with Gasteiger partial charge in [-0.2, -0.15) is 4.98 Å². The zero-order chi connectivity index (χ0) is 5.98. The van der Waals surface area contributed by atoms with Gasteiger partial charge in [0.15, 0.2) is 0 Å². The van der Waals surface area contributed by atoms with Gasteiger partial charge in [0, 0.05) is 0 Å². The summed E-state index contributed by atoms with van der Waals surface area (Å²) in [6.45, 7) is 0. The molecular weight excluding hydrogens is 126 g/mol. The van der Waals surface area contributed by atoms with Crippen LogP contribution in [0.4, 0.5) is 0 Å². The molecule has 1 rings (SSSR count). The fourth-order valence-electron chi connectivity index (χ4n) is 0.337. The molecule has 0 N–H and O–H groups in total. The third-order valence-electron chi connectivity index (χ3n) is 0.671.